The van der Waals surface area contributed by atoms with Crippen molar-refractivity contribution < 1.29 is 4.74 Å². The smallest absolute Gasteiger partial charge is 0.126 e. The molecule has 0 aliphatic carbocycles. The van der Waals surface area contributed by atoms with Gasteiger partial charge in [-0.15, -0.1) is 0 Å². The minimum atomic E-state index is 0.381. The molecule has 18 heavy (non-hydrogen) atoms. The molecule has 3 heteroatoms. The lowest BCUT2D eigenvalue weighted by atomic mass is 9.92. The highest BCUT2D eigenvalue weighted by atomic mass is 16.5. The van der Waals surface area contributed by atoms with Crippen LogP contribution in [0.3, 0.4) is 0 Å². The Hall–Kier alpha value is -2.03. The van der Waals surface area contributed by atoms with E-state index < -0.39 is 0 Å². The predicted octanol–water partition coefficient (Wildman–Crippen LogP) is 2.69. The summed E-state index contributed by atoms with van der Waals surface area (Å²) in [6.07, 6.45) is 2.65. The third-order valence-electron chi connectivity index (χ3n) is 3.57. The van der Waals surface area contributed by atoms with Crippen LogP contribution in [-0.4, -0.2) is 11.6 Å². The Labute approximate surface area is 107 Å². The Kier molecular flexibility index (Phi) is 2.67. The van der Waals surface area contributed by atoms with Gasteiger partial charge in [0, 0.05) is 17.7 Å². The summed E-state index contributed by atoms with van der Waals surface area (Å²) in [6, 6.07) is 10.2. The molecule has 1 aromatic heterocycles. The first-order valence-electron chi connectivity index (χ1n) is 6.17. The van der Waals surface area contributed by atoms with Gasteiger partial charge >= 0.3 is 0 Å². The van der Waals surface area contributed by atoms with Crippen LogP contribution >= 0.6 is 0 Å². The number of nitrogen functional groups attached to an aromatic ring is 1. The first-order chi connectivity index (χ1) is 8.75. The summed E-state index contributed by atoms with van der Waals surface area (Å²) in [5, 5.41) is 0. The number of anilines is 1. The summed E-state index contributed by atoms with van der Waals surface area (Å²) in [7, 11) is 0. The highest BCUT2D eigenvalue weighted by molar-refractivity contribution is 5.47. The predicted molar refractivity (Wildman–Crippen MR) is 71.8 cm³/mol. The number of nitrogens with two attached hydrogens (primary N) is 1. The molecule has 2 N–H and O–H groups in total. The lowest BCUT2D eigenvalue weighted by molar-refractivity contribution is 0.330. The number of aryl methyl sites for hydroxylation is 1. The van der Waals surface area contributed by atoms with E-state index >= 15 is 0 Å². The molecule has 0 radical (unpaired) electrons. The van der Waals surface area contributed by atoms with Crippen LogP contribution in [0.4, 0.5) is 5.82 Å². The van der Waals surface area contributed by atoms with Crippen LogP contribution in [0.25, 0.3) is 0 Å². The number of ether oxygens (including phenoxy) is 1. The van der Waals surface area contributed by atoms with Crippen LogP contribution < -0.4 is 10.5 Å². The van der Waals surface area contributed by atoms with E-state index in [0.717, 1.165) is 24.3 Å². The molecule has 1 atom stereocenters. The van der Waals surface area contributed by atoms with Crippen molar-refractivity contribution in [2.75, 3.05) is 12.3 Å². The molecule has 1 aromatic carbocycles. The van der Waals surface area contributed by atoms with Gasteiger partial charge in [-0.2, -0.15) is 0 Å². The Bertz CT molecular complexity index is 560. The van der Waals surface area contributed by atoms with E-state index in [2.05, 4.69) is 24.0 Å². The van der Waals surface area contributed by atoms with Crippen LogP contribution in [0.5, 0.6) is 5.75 Å². The summed E-state index contributed by atoms with van der Waals surface area (Å²) in [4.78, 5) is 4.17. The summed E-state index contributed by atoms with van der Waals surface area (Å²) in [5.41, 5.74) is 9.59. The van der Waals surface area contributed by atoms with Crippen molar-refractivity contribution in [2.45, 2.75) is 19.3 Å². The Morgan fingerprint density at radius 1 is 1.33 bits per heavy atom. The maximum atomic E-state index is 5.97. The molecule has 3 nitrogen and oxygen atoms in total. The van der Waals surface area contributed by atoms with E-state index in [-0.39, 0.29) is 0 Å². The monoisotopic (exact) mass is 240 g/mol. The second-order valence-electron chi connectivity index (χ2n) is 4.74. The van der Waals surface area contributed by atoms with Gasteiger partial charge in [0.15, 0.2) is 0 Å². The van der Waals surface area contributed by atoms with Crippen LogP contribution in [0, 0.1) is 6.92 Å². The van der Waals surface area contributed by atoms with Crippen molar-refractivity contribution in [2.24, 2.45) is 0 Å². The number of para-hydroxylation sites is 1. The van der Waals surface area contributed by atoms with Gasteiger partial charge in [0.25, 0.3) is 0 Å². The van der Waals surface area contributed by atoms with Gasteiger partial charge in [-0.1, -0.05) is 18.2 Å². The molecule has 1 aliphatic heterocycles. The molecule has 3 rings (SSSR count). The number of aromatic nitrogens is 1. The number of pyridine rings is 1. The van der Waals surface area contributed by atoms with Crippen LogP contribution in [0.1, 0.15) is 22.6 Å². The Morgan fingerprint density at radius 2 is 2.17 bits per heavy atom. The van der Waals surface area contributed by atoms with Crippen molar-refractivity contribution in [3.63, 3.8) is 0 Å². The molecule has 0 spiro atoms. The lowest BCUT2D eigenvalue weighted by Crippen LogP contribution is -2.08. The third-order valence-corrected chi connectivity index (χ3v) is 3.57. The normalized spacial score (nSPS) is 17.3. The van der Waals surface area contributed by atoms with Gasteiger partial charge in [-0.05, 0) is 36.6 Å². The van der Waals surface area contributed by atoms with Gasteiger partial charge in [-0.3, -0.25) is 0 Å². The molecule has 0 bridgehead atoms. The molecule has 0 saturated carbocycles. The fraction of sp³-hybridized carbons (Fsp3) is 0.267. The van der Waals surface area contributed by atoms with Crippen LogP contribution in [0.15, 0.2) is 36.5 Å². The minimum absolute atomic E-state index is 0.381. The molecule has 1 aliphatic rings. The van der Waals surface area contributed by atoms with Crippen molar-refractivity contribution in [1.29, 1.82) is 0 Å². The molecule has 2 aromatic rings. The van der Waals surface area contributed by atoms with Gasteiger partial charge < -0.3 is 10.5 Å². The first-order valence-corrected chi connectivity index (χ1v) is 6.17. The number of hydrogen-bond donors (Lipinski definition) is 1. The van der Waals surface area contributed by atoms with Crippen LogP contribution in [-0.2, 0) is 6.42 Å². The molecule has 0 fully saturated rings. The van der Waals surface area contributed by atoms with Gasteiger partial charge in [0.05, 0.1) is 6.61 Å². The Balaban J connectivity index is 1.91. The minimum Gasteiger partial charge on any atom is -0.493 e. The fourth-order valence-electron chi connectivity index (χ4n) is 2.52. The van der Waals surface area contributed by atoms with E-state index in [9.17, 15) is 0 Å². The van der Waals surface area contributed by atoms with Gasteiger partial charge in [0.2, 0.25) is 0 Å². The van der Waals surface area contributed by atoms with Crippen molar-refractivity contribution in [1.82, 2.24) is 4.98 Å². The molecular weight excluding hydrogens is 224 g/mol. The number of hydrogen-bond acceptors (Lipinski definition) is 3. The topological polar surface area (TPSA) is 48.1 Å². The lowest BCUT2D eigenvalue weighted by Gasteiger charge is -2.12. The highest BCUT2D eigenvalue weighted by Crippen LogP contribution is 2.36. The zero-order valence-electron chi connectivity index (χ0n) is 10.4. The van der Waals surface area contributed by atoms with Crippen molar-refractivity contribution >= 4 is 5.82 Å². The maximum absolute atomic E-state index is 5.97. The SMILES string of the molecule is Cc1ccnc(N)c1CC1COc2ccccc21. The Morgan fingerprint density at radius 3 is 3.00 bits per heavy atom. The fourth-order valence-corrected chi connectivity index (χ4v) is 2.52. The maximum Gasteiger partial charge on any atom is 0.126 e. The second kappa shape index (κ2) is 4.33. The number of rotatable bonds is 2. The van der Waals surface area contributed by atoms with Gasteiger partial charge in [-0.25, -0.2) is 4.98 Å². The molecule has 92 valence electrons. The summed E-state index contributed by atoms with van der Waals surface area (Å²) >= 11 is 0. The second-order valence-corrected chi connectivity index (χ2v) is 4.74. The summed E-state index contributed by atoms with van der Waals surface area (Å²) in [5.74, 6) is 2.02. The van der Waals surface area contributed by atoms with Crippen molar-refractivity contribution in [3.05, 3.63) is 53.2 Å². The van der Waals surface area contributed by atoms with Crippen LogP contribution in [0.2, 0.25) is 0 Å². The quantitative estimate of drug-likeness (QED) is 0.878. The largest absolute Gasteiger partial charge is 0.493 e. The van der Waals surface area contributed by atoms with E-state index in [1.54, 1.807) is 6.20 Å². The number of benzene rings is 1. The number of fused-ring (bicyclic) bond motifs is 1. The van der Waals surface area contributed by atoms with E-state index in [1.807, 2.05) is 18.2 Å². The average molecular weight is 240 g/mol. The molecular formula is C15H16N2O. The van der Waals surface area contributed by atoms with E-state index in [1.165, 1.54) is 11.1 Å². The number of nitrogens with zero attached hydrogens (tertiary/aromatic N) is 1. The molecule has 2 heterocycles. The average Bonchev–Trinajstić information content (AvgIpc) is 2.77. The molecule has 1 unspecified atom stereocenters. The van der Waals surface area contributed by atoms with Crippen molar-refractivity contribution in [3.8, 4) is 5.75 Å². The summed E-state index contributed by atoms with van der Waals surface area (Å²) in [6.45, 7) is 2.81. The van der Waals surface area contributed by atoms with Gasteiger partial charge in [0.1, 0.15) is 11.6 Å². The third kappa shape index (κ3) is 1.82. The van der Waals surface area contributed by atoms with E-state index in [0.29, 0.717) is 11.7 Å². The zero-order chi connectivity index (χ0) is 12.5. The zero-order valence-corrected chi connectivity index (χ0v) is 10.4. The highest BCUT2D eigenvalue weighted by Gasteiger charge is 2.25. The molecule has 0 amide bonds. The van der Waals surface area contributed by atoms with E-state index in [4.69, 9.17) is 10.5 Å². The first kappa shape index (κ1) is 11.1. The standard InChI is InChI=1S/C15H16N2O/c1-10-6-7-17-15(16)13(10)8-11-9-18-14-5-3-2-4-12(11)14/h2-7,11H,8-9H2,1H3,(H2,16,17). The summed E-state index contributed by atoms with van der Waals surface area (Å²) < 4.78 is 5.70. The molecule has 0 saturated heterocycles.